The molecule has 1 saturated heterocycles. The third-order valence-electron chi connectivity index (χ3n) is 6.09. The van der Waals surface area contributed by atoms with Crippen LogP contribution < -0.4 is 4.74 Å². The molecule has 1 fully saturated rings. The first kappa shape index (κ1) is 19.3. The molecule has 0 aromatic heterocycles. The number of piperidine rings is 1. The summed E-state index contributed by atoms with van der Waals surface area (Å²) in [5.41, 5.74) is 1.65. The van der Waals surface area contributed by atoms with Crippen molar-refractivity contribution in [3.05, 3.63) is 58.1 Å². The van der Waals surface area contributed by atoms with Crippen LogP contribution in [0.2, 0.25) is 5.02 Å². The van der Waals surface area contributed by atoms with Crippen LogP contribution in [-0.2, 0) is 14.6 Å². The first-order valence-electron chi connectivity index (χ1n) is 9.12. The summed E-state index contributed by atoms with van der Waals surface area (Å²) in [5, 5.41) is -0.728. The number of amides is 1. The molecule has 2 aromatic carbocycles. The second kappa shape index (κ2) is 6.22. The minimum atomic E-state index is -3.91. The Morgan fingerprint density at radius 2 is 1.86 bits per heavy atom. The molecule has 0 unspecified atom stereocenters. The lowest BCUT2D eigenvalue weighted by Crippen LogP contribution is -2.64. The van der Waals surface area contributed by atoms with Crippen molar-refractivity contribution in [2.75, 3.05) is 7.05 Å². The zero-order valence-corrected chi connectivity index (χ0v) is 17.8. The fraction of sp³-hybridized carbons (Fsp3) is 0.381. The van der Waals surface area contributed by atoms with Gasteiger partial charge in [0.2, 0.25) is 5.91 Å². The lowest BCUT2D eigenvalue weighted by Gasteiger charge is -2.51. The molecule has 1 amide bonds. The smallest absolute Gasteiger partial charge is 0.244 e. The maximum atomic E-state index is 13.6. The Labute approximate surface area is 170 Å². The number of halogens is 1. The van der Waals surface area contributed by atoms with Gasteiger partial charge < -0.3 is 9.64 Å². The Hall–Kier alpha value is -2.05. The number of carbonyl (C=O) groups excluding carboxylic acids is 1. The van der Waals surface area contributed by atoms with Crippen molar-refractivity contribution < 1.29 is 17.9 Å². The van der Waals surface area contributed by atoms with E-state index in [0.717, 1.165) is 11.1 Å². The molecule has 0 N–H and O–H groups in total. The van der Waals surface area contributed by atoms with Crippen molar-refractivity contribution in [1.82, 2.24) is 4.90 Å². The van der Waals surface area contributed by atoms with E-state index in [-0.39, 0.29) is 4.90 Å². The van der Waals surface area contributed by atoms with Gasteiger partial charge >= 0.3 is 0 Å². The number of ether oxygens (including phenoxy) is 1. The second-order valence-corrected chi connectivity index (χ2v) is 10.4. The number of aryl methyl sites for hydroxylation is 2. The summed E-state index contributed by atoms with van der Waals surface area (Å²) in [6.07, 6.45) is 0.386. The van der Waals surface area contributed by atoms with Crippen LogP contribution in [-0.4, -0.2) is 37.2 Å². The maximum absolute atomic E-state index is 13.6. The molecule has 0 saturated carbocycles. The zero-order valence-electron chi connectivity index (χ0n) is 16.2. The number of sulfone groups is 1. The average Bonchev–Trinajstić information content (AvgIpc) is 2.62. The number of hydrogen-bond acceptors (Lipinski definition) is 4. The largest absolute Gasteiger partial charge is 0.468 e. The minimum absolute atomic E-state index is 0.168. The summed E-state index contributed by atoms with van der Waals surface area (Å²) in [5.74, 6) is -0.409. The average molecular weight is 420 g/mol. The Morgan fingerprint density at radius 3 is 2.54 bits per heavy atom. The molecule has 28 heavy (non-hydrogen) atoms. The molecule has 2 bridgehead atoms. The lowest BCUT2D eigenvalue weighted by molar-refractivity contribution is -0.159. The number of carbonyl (C=O) groups is 1. The Balaban J connectivity index is 1.91. The number of hydrogen-bond donors (Lipinski definition) is 0. The van der Waals surface area contributed by atoms with Gasteiger partial charge in [0.25, 0.3) is 0 Å². The molecule has 2 aromatic rings. The molecule has 5 nitrogen and oxygen atoms in total. The molecule has 2 heterocycles. The molecular weight excluding hydrogens is 398 g/mol. The zero-order chi connectivity index (χ0) is 20.4. The van der Waals surface area contributed by atoms with E-state index in [1.54, 1.807) is 43.4 Å². The molecule has 2 aliphatic heterocycles. The molecular formula is C21H22ClNO4S. The van der Waals surface area contributed by atoms with Crippen molar-refractivity contribution in [1.29, 1.82) is 0 Å². The van der Waals surface area contributed by atoms with E-state index in [1.165, 1.54) is 4.90 Å². The predicted octanol–water partition coefficient (Wildman–Crippen LogP) is 3.85. The highest BCUT2D eigenvalue weighted by Gasteiger charge is 2.57. The number of benzene rings is 2. The van der Waals surface area contributed by atoms with Crippen LogP contribution >= 0.6 is 11.6 Å². The Kier molecular flexibility index (Phi) is 4.28. The molecule has 3 atom stereocenters. The molecule has 2 aliphatic rings. The molecule has 0 spiro atoms. The summed E-state index contributed by atoms with van der Waals surface area (Å²) in [6, 6.07) is 10.2. The summed E-state index contributed by atoms with van der Waals surface area (Å²) in [4.78, 5) is 14.8. The van der Waals surface area contributed by atoms with E-state index in [9.17, 15) is 13.2 Å². The fourth-order valence-electron chi connectivity index (χ4n) is 4.16. The van der Waals surface area contributed by atoms with E-state index in [0.29, 0.717) is 22.8 Å². The van der Waals surface area contributed by atoms with Gasteiger partial charge in [-0.15, -0.1) is 0 Å². The molecule has 7 heteroatoms. The second-order valence-electron chi connectivity index (χ2n) is 7.88. The number of rotatable bonds is 2. The normalized spacial score (nSPS) is 26.6. The summed E-state index contributed by atoms with van der Waals surface area (Å²) in [7, 11) is -2.31. The number of nitrogens with zero attached hydrogens (tertiary/aromatic N) is 1. The fourth-order valence-corrected chi connectivity index (χ4v) is 6.33. The summed E-state index contributed by atoms with van der Waals surface area (Å²) >= 11 is 6.17. The van der Waals surface area contributed by atoms with E-state index < -0.39 is 32.6 Å². The lowest BCUT2D eigenvalue weighted by atomic mass is 9.80. The standard InChI is InChI=1S/C21H22ClNO4S/c1-12-5-7-15(9-13(12)2)28(25,26)19-17-11-21(3,23(4)20(19)24)27-18-8-6-14(22)10-16(17)18/h5-10,17,19H,11H2,1-4H3/t17-,19+,21-/m0/s1. The van der Waals surface area contributed by atoms with Crippen LogP contribution in [0.1, 0.15) is 36.0 Å². The quantitative estimate of drug-likeness (QED) is 0.741. The van der Waals surface area contributed by atoms with Gasteiger partial charge in [-0.2, -0.15) is 0 Å². The van der Waals surface area contributed by atoms with E-state index in [1.807, 2.05) is 20.8 Å². The first-order valence-corrected chi connectivity index (χ1v) is 11.0. The van der Waals surface area contributed by atoms with Crippen LogP contribution in [0.15, 0.2) is 41.3 Å². The van der Waals surface area contributed by atoms with E-state index >= 15 is 0 Å². The maximum Gasteiger partial charge on any atom is 0.244 e. The monoisotopic (exact) mass is 419 g/mol. The summed E-state index contributed by atoms with van der Waals surface area (Å²) in [6.45, 7) is 5.60. The third kappa shape index (κ3) is 2.73. The van der Waals surface area contributed by atoms with Gasteiger partial charge in [-0.1, -0.05) is 17.7 Å². The van der Waals surface area contributed by atoms with Crippen LogP contribution in [0, 0.1) is 13.8 Å². The van der Waals surface area contributed by atoms with E-state index in [4.69, 9.17) is 16.3 Å². The highest BCUT2D eigenvalue weighted by atomic mass is 35.5. The van der Waals surface area contributed by atoms with Crippen LogP contribution in [0.3, 0.4) is 0 Å². The van der Waals surface area contributed by atoms with Gasteiger partial charge in [0, 0.05) is 30.0 Å². The van der Waals surface area contributed by atoms with Gasteiger partial charge in [0.1, 0.15) is 5.75 Å². The van der Waals surface area contributed by atoms with Gasteiger partial charge in [0.15, 0.2) is 20.8 Å². The molecule has 148 valence electrons. The molecule has 0 aliphatic carbocycles. The first-order chi connectivity index (χ1) is 13.0. The Bertz CT molecular complexity index is 1100. The SMILES string of the molecule is Cc1ccc(S(=O)(=O)[C@H]2C(=O)N(C)[C@]3(C)C[C@H]2c2cc(Cl)ccc2O3)cc1C. The van der Waals surface area contributed by atoms with Crippen molar-refractivity contribution >= 4 is 27.3 Å². The van der Waals surface area contributed by atoms with Gasteiger partial charge in [-0.25, -0.2) is 8.42 Å². The van der Waals surface area contributed by atoms with Gasteiger partial charge in [0.05, 0.1) is 4.90 Å². The summed E-state index contributed by atoms with van der Waals surface area (Å²) < 4.78 is 33.3. The molecule has 0 radical (unpaired) electrons. The predicted molar refractivity (Wildman–Crippen MR) is 108 cm³/mol. The van der Waals surface area contributed by atoms with Gasteiger partial charge in [-0.05, 0) is 62.2 Å². The number of likely N-dealkylation sites (tertiary alicyclic amines) is 1. The van der Waals surface area contributed by atoms with Crippen molar-refractivity contribution in [2.45, 2.75) is 49.0 Å². The van der Waals surface area contributed by atoms with Crippen molar-refractivity contribution in [2.24, 2.45) is 0 Å². The number of fused-ring (bicyclic) bond motifs is 4. The Morgan fingerprint density at radius 1 is 1.14 bits per heavy atom. The third-order valence-corrected chi connectivity index (χ3v) is 8.43. The highest BCUT2D eigenvalue weighted by molar-refractivity contribution is 7.92. The van der Waals surface area contributed by atoms with Crippen molar-refractivity contribution in [3.63, 3.8) is 0 Å². The van der Waals surface area contributed by atoms with Crippen LogP contribution in [0.4, 0.5) is 0 Å². The minimum Gasteiger partial charge on any atom is -0.468 e. The van der Waals surface area contributed by atoms with Crippen LogP contribution in [0.5, 0.6) is 5.75 Å². The van der Waals surface area contributed by atoms with Crippen LogP contribution in [0.25, 0.3) is 0 Å². The highest BCUT2D eigenvalue weighted by Crippen LogP contribution is 2.50. The van der Waals surface area contributed by atoms with Crippen molar-refractivity contribution in [3.8, 4) is 5.75 Å². The topological polar surface area (TPSA) is 63.7 Å². The van der Waals surface area contributed by atoms with E-state index in [2.05, 4.69) is 0 Å². The molecule has 4 rings (SSSR count). The van der Waals surface area contributed by atoms with Gasteiger partial charge in [-0.3, -0.25) is 4.79 Å².